The molecule has 0 radical (unpaired) electrons. The zero-order valence-electron chi connectivity index (χ0n) is 9.20. The van der Waals surface area contributed by atoms with Gasteiger partial charge in [-0.2, -0.15) is 0 Å². The molecule has 3 heteroatoms. The van der Waals surface area contributed by atoms with Crippen LogP contribution in [-0.2, 0) is 0 Å². The molecule has 1 aliphatic heterocycles. The van der Waals surface area contributed by atoms with E-state index in [4.69, 9.17) is 12.2 Å². The number of rotatable bonds is 2. The fourth-order valence-corrected chi connectivity index (χ4v) is 2.69. The van der Waals surface area contributed by atoms with Gasteiger partial charge in [0, 0.05) is 17.8 Å². The van der Waals surface area contributed by atoms with Crippen LogP contribution in [0.5, 0.6) is 0 Å². The van der Waals surface area contributed by atoms with Crippen molar-refractivity contribution in [2.24, 2.45) is 0 Å². The van der Waals surface area contributed by atoms with Crippen molar-refractivity contribution in [3.63, 3.8) is 0 Å². The van der Waals surface area contributed by atoms with E-state index in [0.29, 0.717) is 6.04 Å². The number of hydrogen-bond donors (Lipinski definition) is 1. The molecular formula is C12H18N2S. The van der Waals surface area contributed by atoms with Gasteiger partial charge < -0.3 is 4.98 Å². The number of aromatic nitrogens is 1. The van der Waals surface area contributed by atoms with Gasteiger partial charge >= 0.3 is 0 Å². The highest BCUT2D eigenvalue weighted by molar-refractivity contribution is 7.71. The average Bonchev–Trinajstić information content (AvgIpc) is 2.30. The summed E-state index contributed by atoms with van der Waals surface area (Å²) in [5.74, 6) is 0. The lowest BCUT2D eigenvalue weighted by molar-refractivity contribution is 0.156. The molecule has 0 saturated carbocycles. The first-order chi connectivity index (χ1) is 7.33. The predicted molar refractivity (Wildman–Crippen MR) is 65.5 cm³/mol. The van der Waals surface area contributed by atoms with Gasteiger partial charge in [-0.25, -0.2) is 0 Å². The van der Waals surface area contributed by atoms with Crippen molar-refractivity contribution in [1.82, 2.24) is 9.88 Å². The first kappa shape index (κ1) is 10.8. The van der Waals surface area contributed by atoms with E-state index in [-0.39, 0.29) is 0 Å². The highest BCUT2D eigenvalue weighted by Crippen LogP contribution is 2.30. The van der Waals surface area contributed by atoms with Gasteiger partial charge in [0.15, 0.2) is 0 Å². The van der Waals surface area contributed by atoms with Crippen LogP contribution in [0.2, 0.25) is 0 Å². The maximum atomic E-state index is 5.35. The smallest absolute Gasteiger partial charge is 0.108 e. The number of nitrogens with one attached hydrogen (secondary N) is 1. The highest BCUT2D eigenvalue weighted by Gasteiger charge is 2.23. The van der Waals surface area contributed by atoms with Crippen molar-refractivity contribution < 1.29 is 0 Å². The van der Waals surface area contributed by atoms with Crippen LogP contribution >= 0.6 is 12.2 Å². The summed E-state index contributed by atoms with van der Waals surface area (Å²) in [5, 5.41) is 0. The third-order valence-electron chi connectivity index (χ3n) is 3.23. The Hall–Kier alpha value is -0.670. The van der Waals surface area contributed by atoms with Crippen LogP contribution < -0.4 is 0 Å². The summed E-state index contributed by atoms with van der Waals surface area (Å²) in [4.78, 5) is 5.66. The van der Waals surface area contributed by atoms with Crippen molar-refractivity contribution in [2.45, 2.75) is 32.2 Å². The van der Waals surface area contributed by atoms with E-state index in [2.05, 4.69) is 22.9 Å². The SMILES string of the molecule is CCN1CCCC[C@@H]1c1ccc[nH]c1=S. The lowest BCUT2D eigenvalue weighted by atomic mass is 9.96. The summed E-state index contributed by atoms with van der Waals surface area (Å²) in [6.45, 7) is 4.56. The largest absolute Gasteiger partial charge is 0.353 e. The third-order valence-corrected chi connectivity index (χ3v) is 3.58. The number of aromatic amines is 1. The molecule has 0 aliphatic carbocycles. The minimum atomic E-state index is 0.536. The Labute approximate surface area is 96.3 Å². The second-order valence-electron chi connectivity index (χ2n) is 4.09. The minimum Gasteiger partial charge on any atom is -0.353 e. The Morgan fingerprint density at radius 2 is 2.40 bits per heavy atom. The average molecular weight is 222 g/mol. The zero-order valence-corrected chi connectivity index (χ0v) is 10.0. The second kappa shape index (κ2) is 4.90. The molecule has 2 heterocycles. The summed E-state index contributed by atoms with van der Waals surface area (Å²) in [5.41, 5.74) is 1.30. The van der Waals surface area contributed by atoms with Crippen molar-refractivity contribution in [2.75, 3.05) is 13.1 Å². The molecule has 0 amide bonds. The standard InChI is InChI=1S/C12H18N2S/c1-2-14-9-4-3-7-11(14)10-6-5-8-13-12(10)15/h5-6,8,11H,2-4,7,9H2,1H3,(H,13,15)/t11-/m1/s1. The maximum absolute atomic E-state index is 5.35. The Morgan fingerprint density at radius 3 is 3.13 bits per heavy atom. The summed E-state index contributed by atoms with van der Waals surface area (Å²) < 4.78 is 0.905. The fourth-order valence-electron chi connectivity index (χ4n) is 2.42. The van der Waals surface area contributed by atoms with Gasteiger partial charge in [-0.1, -0.05) is 31.6 Å². The zero-order chi connectivity index (χ0) is 10.7. The molecular weight excluding hydrogens is 204 g/mol. The third kappa shape index (κ3) is 2.29. The summed E-state index contributed by atoms with van der Waals surface area (Å²) in [7, 11) is 0. The van der Waals surface area contributed by atoms with Crippen LogP contribution in [0, 0.1) is 4.64 Å². The number of hydrogen-bond acceptors (Lipinski definition) is 2. The first-order valence-electron chi connectivity index (χ1n) is 5.74. The van der Waals surface area contributed by atoms with Crippen LogP contribution in [0.1, 0.15) is 37.8 Å². The summed E-state index contributed by atoms with van der Waals surface area (Å²) >= 11 is 5.35. The lowest BCUT2D eigenvalue weighted by Crippen LogP contribution is -2.33. The minimum absolute atomic E-state index is 0.536. The topological polar surface area (TPSA) is 19.0 Å². The van der Waals surface area contributed by atoms with Crippen LogP contribution in [0.4, 0.5) is 0 Å². The Bertz CT molecular complexity index is 372. The predicted octanol–water partition coefficient (Wildman–Crippen LogP) is 3.29. The number of pyridine rings is 1. The van der Waals surface area contributed by atoms with Crippen LogP contribution in [0.15, 0.2) is 18.3 Å². The van der Waals surface area contributed by atoms with Crippen molar-refractivity contribution >= 4 is 12.2 Å². The molecule has 0 unspecified atom stereocenters. The maximum Gasteiger partial charge on any atom is 0.108 e. The van der Waals surface area contributed by atoms with E-state index in [1.165, 1.54) is 31.4 Å². The van der Waals surface area contributed by atoms with Gasteiger partial charge in [-0.05, 0) is 32.0 Å². The monoisotopic (exact) mass is 222 g/mol. The van der Waals surface area contributed by atoms with Gasteiger partial charge in [0.1, 0.15) is 4.64 Å². The molecule has 1 aromatic rings. The van der Waals surface area contributed by atoms with Gasteiger partial charge in [-0.3, -0.25) is 4.90 Å². The molecule has 82 valence electrons. The number of H-pyrrole nitrogens is 1. The van der Waals surface area contributed by atoms with E-state index in [1.807, 2.05) is 12.3 Å². The van der Waals surface area contributed by atoms with E-state index in [9.17, 15) is 0 Å². The van der Waals surface area contributed by atoms with Gasteiger partial charge in [0.25, 0.3) is 0 Å². The van der Waals surface area contributed by atoms with E-state index < -0.39 is 0 Å². The highest BCUT2D eigenvalue weighted by atomic mass is 32.1. The van der Waals surface area contributed by atoms with Gasteiger partial charge in [0.05, 0.1) is 0 Å². The molecule has 1 aromatic heterocycles. The quantitative estimate of drug-likeness (QED) is 0.774. The number of piperidine rings is 1. The lowest BCUT2D eigenvalue weighted by Gasteiger charge is -2.35. The summed E-state index contributed by atoms with van der Waals surface area (Å²) in [6, 6.07) is 4.75. The van der Waals surface area contributed by atoms with Crippen LogP contribution in [0.25, 0.3) is 0 Å². The van der Waals surface area contributed by atoms with E-state index >= 15 is 0 Å². The molecule has 1 aliphatic rings. The van der Waals surface area contributed by atoms with Gasteiger partial charge in [-0.15, -0.1) is 0 Å². The van der Waals surface area contributed by atoms with Crippen LogP contribution in [0.3, 0.4) is 0 Å². The molecule has 1 fully saturated rings. The number of nitrogens with zero attached hydrogens (tertiary/aromatic N) is 1. The Morgan fingerprint density at radius 1 is 1.53 bits per heavy atom. The van der Waals surface area contributed by atoms with Gasteiger partial charge in [0.2, 0.25) is 0 Å². The fraction of sp³-hybridized carbons (Fsp3) is 0.583. The van der Waals surface area contributed by atoms with E-state index in [1.54, 1.807) is 0 Å². The molecule has 2 nitrogen and oxygen atoms in total. The Kier molecular flexibility index (Phi) is 3.54. The van der Waals surface area contributed by atoms with E-state index in [0.717, 1.165) is 11.2 Å². The van der Waals surface area contributed by atoms with Crippen molar-refractivity contribution in [1.29, 1.82) is 0 Å². The van der Waals surface area contributed by atoms with Crippen LogP contribution in [-0.4, -0.2) is 23.0 Å². The molecule has 1 atom stereocenters. The molecule has 1 saturated heterocycles. The second-order valence-corrected chi connectivity index (χ2v) is 4.50. The molecule has 1 N–H and O–H groups in total. The first-order valence-corrected chi connectivity index (χ1v) is 6.15. The normalized spacial score (nSPS) is 22.9. The number of likely N-dealkylation sites (tertiary alicyclic amines) is 1. The summed E-state index contributed by atoms with van der Waals surface area (Å²) in [6.07, 6.45) is 5.80. The Balaban J connectivity index is 2.28. The molecule has 0 aromatic carbocycles. The molecule has 0 bridgehead atoms. The van der Waals surface area contributed by atoms with Crippen molar-refractivity contribution in [3.05, 3.63) is 28.5 Å². The molecule has 2 rings (SSSR count). The van der Waals surface area contributed by atoms with Crippen molar-refractivity contribution in [3.8, 4) is 0 Å². The molecule has 0 spiro atoms. The molecule has 15 heavy (non-hydrogen) atoms.